The van der Waals surface area contributed by atoms with Crippen LogP contribution in [0.3, 0.4) is 0 Å². The standard InChI is InChI=1S/C12H12N2O4/c15-7-1-2-11-8-12(13-18-11)9-3-5-10(6-4-9)14(16)17/h3-6,8,15H,1-2,7H2. The fraction of sp³-hybridized carbons (Fsp3) is 0.250. The Morgan fingerprint density at radius 1 is 1.33 bits per heavy atom. The molecule has 0 aliphatic carbocycles. The zero-order chi connectivity index (χ0) is 13.0. The second-order valence-corrected chi connectivity index (χ2v) is 3.81. The summed E-state index contributed by atoms with van der Waals surface area (Å²) in [4.78, 5) is 10.1. The Kier molecular flexibility index (Phi) is 3.69. The molecule has 1 aromatic heterocycles. The summed E-state index contributed by atoms with van der Waals surface area (Å²) in [5.41, 5.74) is 1.44. The van der Waals surface area contributed by atoms with Gasteiger partial charge in [-0.2, -0.15) is 0 Å². The highest BCUT2D eigenvalue weighted by molar-refractivity contribution is 5.60. The molecule has 1 N–H and O–H groups in total. The summed E-state index contributed by atoms with van der Waals surface area (Å²) in [7, 11) is 0. The smallest absolute Gasteiger partial charge is 0.269 e. The van der Waals surface area contributed by atoms with Crippen LogP contribution in [0.4, 0.5) is 5.69 Å². The lowest BCUT2D eigenvalue weighted by molar-refractivity contribution is -0.384. The lowest BCUT2D eigenvalue weighted by Gasteiger charge is -1.94. The van der Waals surface area contributed by atoms with Gasteiger partial charge in [-0.15, -0.1) is 0 Å². The van der Waals surface area contributed by atoms with Crippen molar-refractivity contribution in [2.24, 2.45) is 0 Å². The molecule has 0 bridgehead atoms. The van der Waals surface area contributed by atoms with Gasteiger partial charge in [-0.25, -0.2) is 0 Å². The maximum Gasteiger partial charge on any atom is 0.269 e. The zero-order valence-electron chi connectivity index (χ0n) is 9.57. The minimum absolute atomic E-state index is 0.0442. The molecule has 0 aliphatic heterocycles. The predicted molar refractivity (Wildman–Crippen MR) is 64.0 cm³/mol. The zero-order valence-corrected chi connectivity index (χ0v) is 9.57. The molecule has 18 heavy (non-hydrogen) atoms. The third-order valence-corrected chi connectivity index (χ3v) is 2.51. The largest absolute Gasteiger partial charge is 0.396 e. The number of rotatable bonds is 5. The number of aliphatic hydroxyl groups excluding tert-OH is 1. The predicted octanol–water partition coefficient (Wildman–Crippen LogP) is 2.17. The second kappa shape index (κ2) is 5.42. The van der Waals surface area contributed by atoms with Crippen molar-refractivity contribution in [2.45, 2.75) is 12.8 Å². The van der Waals surface area contributed by atoms with Gasteiger partial charge in [-0.1, -0.05) is 5.16 Å². The SMILES string of the molecule is O=[N+]([O-])c1ccc(-c2cc(CCCO)on2)cc1. The first kappa shape index (κ1) is 12.3. The Morgan fingerprint density at radius 2 is 2.06 bits per heavy atom. The van der Waals surface area contributed by atoms with Crippen molar-refractivity contribution >= 4 is 5.69 Å². The van der Waals surface area contributed by atoms with Crippen molar-refractivity contribution < 1.29 is 14.6 Å². The van der Waals surface area contributed by atoms with E-state index < -0.39 is 4.92 Å². The van der Waals surface area contributed by atoms with E-state index in [-0.39, 0.29) is 12.3 Å². The van der Waals surface area contributed by atoms with Gasteiger partial charge in [0.15, 0.2) is 0 Å². The van der Waals surface area contributed by atoms with Crippen LogP contribution < -0.4 is 0 Å². The van der Waals surface area contributed by atoms with E-state index in [1.807, 2.05) is 0 Å². The monoisotopic (exact) mass is 248 g/mol. The molecule has 0 atom stereocenters. The van der Waals surface area contributed by atoms with E-state index in [9.17, 15) is 10.1 Å². The van der Waals surface area contributed by atoms with Crippen LogP contribution in [0.1, 0.15) is 12.2 Å². The van der Waals surface area contributed by atoms with Crippen LogP contribution in [0.5, 0.6) is 0 Å². The van der Waals surface area contributed by atoms with Crippen molar-refractivity contribution in [3.8, 4) is 11.3 Å². The average molecular weight is 248 g/mol. The number of nitro groups is 1. The summed E-state index contributed by atoms with van der Waals surface area (Å²) in [5, 5.41) is 23.1. The van der Waals surface area contributed by atoms with Crippen molar-refractivity contribution in [3.63, 3.8) is 0 Å². The number of nitro benzene ring substituents is 1. The van der Waals surface area contributed by atoms with E-state index in [1.54, 1.807) is 18.2 Å². The third kappa shape index (κ3) is 2.72. The number of aryl methyl sites for hydroxylation is 1. The summed E-state index contributed by atoms with van der Waals surface area (Å²) in [6.07, 6.45) is 1.24. The van der Waals surface area contributed by atoms with Crippen LogP contribution in [0.2, 0.25) is 0 Å². The number of aromatic nitrogens is 1. The summed E-state index contributed by atoms with van der Waals surface area (Å²) in [5.74, 6) is 0.692. The van der Waals surface area contributed by atoms with Crippen LogP contribution in [0, 0.1) is 10.1 Å². The van der Waals surface area contributed by atoms with E-state index >= 15 is 0 Å². The molecule has 2 rings (SSSR count). The quantitative estimate of drug-likeness (QED) is 0.647. The molecule has 2 aromatic rings. The minimum Gasteiger partial charge on any atom is -0.396 e. The third-order valence-electron chi connectivity index (χ3n) is 2.51. The molecule has 94 valence electrons. The van der Waals surface area contributed by atoms with Gasteiger partial charge >= 0.3 is 0 Å². The molecule has 0 radical (unpaired) electrons. The van der Waals surface area contributed by atoms with E-state index in [2.05, 4.69) is 5.16 Å². The molecule has 6 heteroatoms. The number of nitrogens with zero attached hydrogens (tertiary/aromatic N) is 2. The Bertz CT molecular complexity index is 533. The lowest BCUT2D eigenvalue weighted by atomic mass is 10.1. The molecule has 0 amide bonds. The highest BCUT2D eigenvalue weighted by Crippen LogP contribution is 2.22. The molecular formula is C12H12N2O4. The van der Waals surface area contributed by atoms with Crippen molar-refractivity contribution in [1.82, 2.24) is 5.16 Å². The fourth-order valence-electron chi connectivity index (χ4n) is 1.57. The first-order valence-corrected chi connectivity index (χ1v) is 5.52. The fourth-order valence-corrected chi connectivity index (χ4v) is 1.57. The van der Waals surface area contributed by atoms with Crippen LogP contribution in [0.25, 0.3) is 11.3 Å². The number of hydrogen-bond donors (Lipinski definition) is 1. The van der Waals surface area contributed by atoms with E-state index in [1.165, 1.54) is 12.1 Å². The van der Waals surface area contributed by atoms with Crippen molar-refractivity contribution in [2.75, 3.05) is 6.61 Å². The Balaban J connectivity index is 2.15. The maximum absolute atomic E-state index is 10.5. The molecule has 1 heterocycles. The van der Waals surface area contributed by atoms with E-state index in [4.69, 9.17) is 9.63 Å². The molecule has 0 saturated heterocycles. The van der Waals surface area contributed by atoms with Gasteiger partial charge in [0, 0.05) is 36.8 Å². The second-order valence-electron chi connectivity index (χ2n) is 3.81. The Labute approximate surface area is 103 Å². The van der Waals surface area contributed by atoms with E-state index in [0.29, 0.717) is 24.3 Å². The first-order chi connectivity index (χ1) is 8.70. The highest BCUT2D eigenvalue weighted by atomic mass is 16.6. The number of aliphatic hydroxyl groups is 1. The summed E-state index contributed by atoms with van der Waals surface area (Å²) < 4.78 is 5.10. The van der Waals surface area contributed by atoms with Crippen molar-refractivity contribution in [1.29, 1.82) is 0 Å². The van der Waals surface area contributed by atoms with Crippen LogP contribution in [-0.2, 0) is 6.42 Å². The highest BCUT2D eigenvalue weighted by Gasteiger charge is 2.09. The first-order valence-electron chi connectivity index (χ1n) is 5.52. The minimum atomic E-state index is -0.445. The van der Waals surface area contributed by atoms with Crippen molar-refractivity contribution in [3.05, 3.63) is 46.2 Å². The van der Waals surface area contributed by atoms with Gasteiger partial charge in [0.25, 0.3) is 5.69 Å². The maximum atomic E-state index is 10.5. The normalized spacial score (nSPS) is 10.5. The molecule has 0 fully saturated rings. The van der Waals surface area contributed by atoms with Gasteiger partial charge in [-0.3, -0.25) is 10.1 Å². The summed E-state index contributed by atoms with van der Waals surface area (Å²) in [6.45, 7) is 0.105. The number of benzene rings is 1. The molecule has 0 saturated carbocycles. The molecular weight excluding hydrogens is 236 g/mol. The summed E-state index contributed by atoms with van der Waals surface area (Å²) in [6, 6.07) is 7.89. The number of hydrogen-bond acceptors (Lipinski definition) is 5. The van der Waals surface area contributed by atoms with Gasteiger partial charge < -0.3 is 9.63 Å². The summed E-state index contributed by atoms with van der Waals surface area (Å²) >= 11 is 0. The van der Waals surface area contributed by atoms with Gasteiger partial charge in [-0.05, 0) is 18.6 Å². The Hall–Kier alpha value is -2.21. The molecule has 6 nitrogen and oxygen atoms in total. The topological polar surface area (TPSA) is 89.4 Å². The van der Waals surface area contributed by atoms with Crippen LogP contribution in [-0.4, -0.2) is 21.8 Å². The van der Waals surface area contributed by atoms with Gasteiger partial charge in [0.2, 0.25) is 0 Å². The van der Waals surface area contributed by atoms with Gasteiger partial charge in [0.05, 0.1) is 4.92 Å². The lowest BCUT2D eigenvalue weighted by Crippen LogP contribution is -1.87. The molecule has 1 aromatic carbocycles. The van der Waals surface area contributed by atoms with E-state index in [0.717, 1.165) is 5.56 Å². The molecule has 0 unspecified atom stereocenters. The average Bonchev–Trinajstić information content (AvgIpc) is 2.85. The van der Waals surface area contributed by atoms with Crippen LogP contribution in [0.15, 0.2) is 34.9 Å². The molecule has 0 spiro atoms. The Morgan fingerprint density at radius 3 is 2.67 bits per heavy atom. The van der Waals surface area contributed by atoms with Crippen LogP contribution >= 0.6 is 0 Å². The number of non-ortho nitro benzene ring substituents is 1. The molecule has 0 aliphatic rings. The van der Waals surface area contributed by atoms with Gasteiger partial charge in [0.1, 0.15) is 11.5 Å².